The number of halogens is 3. The summed E-state index contributed by atoms with van der Waals surface area (Å²) in [4.78, 5) is 8.03. The molecular formula is C34H37F3N6OsP2+2. The first-order chi connectivity index (χ1) is 21.5. The topological polar surface area (TPSA) is 79.8 Å². The number of aromatic nitrogens is 6. The van der Waals surface area contributed by atoms with Crippen molar-refractivity contribution < 1.29 is 33.0 Å². The average molecular weight is 839 g/mol. The van der Waals surface area contributed by atoms with Gasteiger partial charge in [-0.15, -0.1) is 0 Å². The minimum Gasteiger partial charge on any atom is -0.574 e. The summed E-state index contributed by atoms with van der Waals surface area (Å²) in [5, 5.41) is 17.4. The molecule has 0 aliphatic carbocycles. The molecule has 0 bridgehead atoms. The van der Waals surface area contributed by atoms with Gasteiger partial charge >= 0.3 is 26.0 Å². The van der Waals surface area contributed by atoms with Crippen molar-refractivity contribution in [3.63, 3.8) is 0 Å². The summed E-state index contributed by atoms with van der Waals surface area (Å²) in [7, 11) is -0.424. The molecular weight excluding hydrogens is 802 g/mol. The predicted molar refractivity (Wildman–Crippen MR) is 184 cm³/mol. The van der Waals surface area contributed by atoms with Crippen molar-refractivity contribution in [3.05, 3.63) is 133 Å². The third-order valence-corrected chi connectivity index (χ3v) is 9.02. The van der Waals surface area contributed by atoms with E-state index in [4.69, 9.17) is 0 Å². The van der Waals surface area contributed by atoms with E-state index in [9.17, 15) is 13.2 Å². The van der Waals surface area contributed by atoms with Gasteiger partial charge in [-0.3, -0.25) is 9.97 Å². The maximum Gasteiger partial charge on any atom is 2.00 e. The smallest absolute Gasteiger partial charge is 0.574 e. The van der Waals surface area contributed by atoms with E-state index in [1.54, 1.807) is 24.4 Å². The number of hydrogen-bond acceptors (Lipinski definition) is 4. The second-order valence-electron chi connectivity index (χ2n) is 10.1. The van der Waals surface area contributed by atoms with Crippen molar-refractivity contribution in [3.8, 4) is 22.8 Å². The monoisotopic (exact) mass is 840 g/mol. The number of aryl methyl sites for hydroxylation is 1. The van der Waals surface area contributed by atoms with Gasteiger partial charge in [0.15, 0.2) is 0 Å². The van der Waals surface area contributed by atoms with Crippen LogP contribution < -0.4 is 20.8 Å². The van der Waals surface area contributed by atoms with Crippen molar-refractivity contribution in [2.24, 2.45) is 0 Å². The van der Waals surface area contributed by atoms with Gasteiger partial charge in [-0.2, -0.15) is 13.2 Å². The Bertz CT molecular complexity index is 1600. The Morgan fingerprint density at radius 2 is 0.978 bits per heavy atom. The molecule has 2 aromatic carbocycles. The number of nitrogens with zero attached hydrogens (tertiary/aromatic N) is 6. The molecule has 0 spiro atoms. The molecule has 6 aromatic rings. The molecule has 0 radical (unpaired) electrons. The van der Waals surface area contributed by atoms with Crippen LogP contribution in [0.25, 0.3) is 22.8 Å². The molecule has 0 aliphatic rings. The van der Waals surface area contributed by atoms with Gasteiger partial charge < -0.3 is 20.4 Å². The molecule has 0 unspecified atom stereocenters. The largest absolute Gasteiger partial charge is 2.00 e. The van der Waals surface area contributed by atoms with E-state index < -0.39 is 11.9 Å². The Balaban J connectivity index is 0.000000217. The Morgan fingerprint density at radius 3 is 1.28 bits per heavy atom. The summed E-state index contributed by atoms with van der Waals surface area (Å²) >= 11 is 0. The Kier molecular flexibility index (Phi) is 16.7. The van der Waals surface area contributed by atoms with E-state index in [1.165, 1.54) is 16.8 Å². The van der Waals surface area contributed by atoms with Gasteiger partial charge in [0.2, 0.25) is 0 Å². The van der Waals surface area contributed by atoms with Crippen LogP contribution in [0.2, 0.25) is 0 Å². The molecule has 12 heteroatoms. The van der Waals surface area contributed by atoms with E-state index in [2.05, 4.69) is 118 Å². The van der Waals surface area contributed by atoms with E-state index >= 15 is 0 Å². The average Bonchev–Trinajstić information content (AvgIpc) is 3.74. The van der Waals surface area contributed by atoms with Gasteiger partial charge in [-0.25, -0.2) is 0 Å². The first kappa shape index (κ1) is 38.6. The van der Waals surface area contributed by atoms with Crippen molar-refractivity contribution in [2.45, 2.75) is 13.1 Å². The van der Waals surface area contributed by atoms with Crippen LogP contribution in [0.15, 0.2) is 122 Å². The first-order valence-electron chi connectivity index (χ1n) is 14.1. The van der Waals surface area contributed by atoms with E-state index in [0.717, 1.165) is 23.1 Å². The second kappa shape index (κ2) is 19.8. The van der Waals surface area contributed by atoms with E-state index in [0.29, 0.717) is 5.69 Å². The van der Waals surface area contributed by atoms with Gasteiger partial charge in [0, 0.05) is 45.3 Å². The van der Waals surface area contributed by atoms with Crippen LogP contribution in [0.4, 0.5) is 13.2 Å². The summed E-state index contributed by atoms with van der Waals surface area (Å²) in [6, 6.07) is 34.8. The summed E-state index contributed by atoms with van der Waals surface area (Å²) in [6.45, 7) is 11.1. The van der Waals surface area contributed by atoms with Gasteiger partial charge in [-0.05, 0) is 61.5 Å². The maximum absolute atomic E-state index is 12.2. The molecule has 6 nitrogen and oxygen atoms in total. The zero-order valence-electron chi connectivity index (χ0n) is 26.2. The molecule has 4 heterocycles. The molecule has 0 fully saturated rings. The van der Waals surface area contributed by atoms with Crippen LogP contribution in [-0.4, -0.2) is 46.8 Å². The molecule has 240 valence electrons. The van der Waals surface area contributed by atoms with Crippen LogP contribution in [-0.2, 0) is 26.0 Å². The molecule has 0 saturated carbocycles. The normalized spacial score (nSPS) is 10.4. The standard InChI is InChI=1S/C9H5F3N3.C9H8N3.2C8H11P.Os/c10-9(11,12)8-5-7(14-15-8)6-3-1-2-4-13-6;1-7-6-9(12-11-7)8-4-2-3-5-10-8;2*1-9(2)8-6-4-3-5-7-8;/h1-5H;2-6H,1H3;2*3-7H,1-2H3;/q2*-1;;;+2/p+2. The molecule has 0 N–H and O–H groups in total. The number of benzene rings is 2. The van der Waals surface area contributed by atoms with Crippen molar-refractivity contribution in [2.75, 3.05) is 26.7 Å². The number of alkyl halides is 3. The predicted octanol–water partition coefficient (Wildman–Crippen LogP) is 7.10. The fourth-order valence-electron chi connectivity index (χ4n) is 3.64. The van der Waals surface area contributed by atoms with Crippen molar-refractivity contribution in [1.29, 1.82) is 0 Å². The van der Waals surface area contributed by atoms with Crippen LogP contribution >= 0.6 is 15.8 Å². The third-order valence-electron chi connectivity index (χ3n) is 6.05. The molecule has 0 aliphatic heterocycles. The van der Waals surface area contributed by atoms with Gasteiger partial charge in [0.25, 0.3) is 0 Å². The Labute approximate surface area is 284 Å². The maximum atomic E-state index is 12.2. The van der Waals surface area contributed by atoms with Gasteiger partial charge in [0.1, 0.15) is 5.69 Å². The fourth-order valence-corrected chi connectivity index (χ4v) is 5.36. The molecule has 6 rings (SSSR count). The fraction of sp³-hybridized carbons (Fsp3) is 0.176. The number of rotatable bonds is 4. The quantitative estimate of drug-likeness (QED) is 0.177. The molecule has 0 atom stereocenters. The Hall–Kier alpha value is -3.55. The minimum absolute atomic E-state index is 0. The van der Waals surface area contributed by atoms with E-state index in [1.807, 2.05) is 31.2 Å². The SMILES string of the molecule is C[PH+](C)c1ccccc1.C[PH+](C)c1ccccc1.Cc1cc(-c2ccccn2)[n-]n1.FC(F)(F)c1cc(-c2ccccn2)[n-]n1.[Os+2]. The van der Waals surface area contributed by atoms with Gasteiger partial charge in [0.05, 0.1) is 37.3 Å². The summed E-state index contributed by atoms with van der Waals surface area (Å²) < 4.78 is 36.6. The van der Waals surface area contributed by atoms with Crippen LogP contribution in [0.1, 0.15) is 11.4 Å². The summed E-state index contributed by atoms with van der Waals surface area (Å²) in [5.41, 5.74) is 2.15. The second-order valence-corrected chi connectivity index (χ2v) is 15.3. The molecule has 46 heavy (non-hydrogen) atoms. The molecule has 0 saturated heterocycles. The van der Waals surface area contributed by atoms with Crippen LogP contribution in [0, 0.1) is 6.92 Å². The Morgan fingerprint density at radius 1 is 0.565 bits per heavy atom. The van der Waals surface area contributed by atoms with Crippen LogP contribution in [0.5, 0.6) is 0 Å². The van der Waals surface area contributed by atoms with Crippen molar-refractivity contribution >= 4 is 26.5 Å². The minimum atomic E-state index is -4.46. The van der Waals surface area contributed by atoms with Crippen molar-refractivity contribution in [1.82, 2.24) is 30.4 Å². The zero-order valence-corrected chi connectivity index (χ0v) is 30.8. The number of hydrogen-bond donors (Lipinski definition) is 0. The summed E-state index contributed by atoms with van der Waals surface area (Å²) in [6.07, 6.45) is -1.23. The summed E-state index contributed by atoms with van der Waals surface area (Å²) in [5.74, 6) is 0. The van der Waals surface area contributed by atoms with E-state index in [-0.39, 0.29) is 41.3 Å². The molecule has 4 aromatic heterocycles. The van der Waals surface area contributed by atoms with Gasteiger partial charge in [-0.1, -0.05) is 66.0 Å². The zero-order chi connectivity index (χ0) is 32.7. The molecule has 0 amide bonds. The van der Waals surface area contributed by atoms with Crippen LogP contribution in [0.3, 0.4) is 0 Å². The first-order valence-corrected chi connectivity index (χ1v) is 19.1. The number of pyridine rings is 2. The third kappa shape index (κ3) is 13.4.